The average molecular weight is 584 g/mol. The van der Waals surface area contributed by atoms with E-state index in [0.717, 1.165) is 40.3 Å². The minimum absolute atomic E-state index is 0.0104. The zero-order chi connectivity index (χ0) is 29.8. The number of benzene rings is 3. The average Bonchev–Trinajstić information content (AvgIpc) is 2.97. The number of hydrogen-bond donors (Lipinski definition) is 2. The summed E-state index contributed by atoms with van der Waals surface area (Å²) in [6.45, 7) is 6.16. The zero-order valence-electron chi connectivity index (χ0n) is 24.7. The molecule has 42 heavy (non-hydrogen) atoms. The molecule has 1 heterocycles. The van der Waals surface area contributed by atoms with E-state index in [9.17, 15) is 9.59 Å². The molecule has 6 nitrogen and oxygen atoms in total. The summed E-state index contributed by atoms with van der Waals surface area (Å²) >= 11 is 1.58. The molecule has 2 amide bonds. The number of carbonyl (C=O) groups excluding carboxylic acids is 2. The molecule has 0 aliphatic heterocycles. The van der Waals surface area contributed by atoms with Gasteiger partial charge in [0.05, 0.1) is 5.25 Å². The van der Waals surface area contributed by atoms with E-state index < -0.39 is 11.7 Å². The van der Waals surface area contributed by atoms with Gasteiger partial charge >= 0.3 is 6.09 Å². The van der Waals surface area contributed by atoms with Crippen molar-refractivity contribution in [1.29, 1.82) is 0 Å². The maximum absolute atomic E-state index is 13.5. The predicted octanol–water partition coefficient (Wildman–Crippen LogP) is 6.76. The molecule has 0 aliphatic rings. The molecule has 0 saturated carbocycles. The lowest BCUT2D eigenvalue weighted by Gasteiger charge is -2.25. The Morgan fingerprint density at radius 1 is 0.881 bits per heavy atom. The number of nitrogens with one attached hydrogen (secondary N) is 2. The van der Waals surface area contributed by atoms with Gasteiger partial charge < -0.3 is 15.4 Å². The molecular weight excluding hydrogens is 542 g/mol. The topological polar surface area (TPSA) is 80.3 Å². The van der Waals surface area contributed by atoms with E-state index in [1.165, 1.54) is 0 Å². The fourth-order valence-corrected chi connectivity index (χ4v) is 6.02. The standard InChI is InChI=1S/C35H41N3O3S/c1-35(2,3)41-34(40)38-30(23-29-18-9-17-28-16-7-8-19-31(28)29)25-42-32(22-26-12-5-4-6-13-26)33(39)37-21-11-15-27-14-10-20-36-24-27/h4-10,12-14,16-20,24,30,32H,11,15,21-23,25H2,1-3H3,(H,37,39)(H,38,40)/t30-,32+/m0/s1. The van der Waals surface area contributed by atoms with E-state index in [4.69, 9.17) is 4.74 Å². The van der Waals surface area contributed by atoms with Gasteiger partial charge in [0.15, 0.2) is 0 Å². The van der Waals surface area contributed by atoms with Crippen molar-refractivity contribution in [2.75, 3.05) is 12.3 Å². The molecule has 3 aromatic carbocycles. The van der Waals surface area contributed by atoms with E-state index >= 15 is 0 Å². The second kappa shape index (κ2) is 15.4. The van der Waals surface area contributed by atoms with Gasteiger partial charge in [-0.05, 0) is 80.0 Å². The summed E-state index contributed by atoms with van der Waals surface area (Å²) in [5.74, 6) is 0.569. The van der Waals surface area contributed by atoms with Crippen LogP contribution in [0.3, 0.4) is 0 Å². The molecule has 0 radical (unpaired) electrons. The van der Waals surface area contributed by atoms with Crippen LogP contribution in [0.5, 0.6) is 0 Å². The number of rotatable bonds is 13. The number of hydrogen-bond acceptors (Lipinski definition) is 5. The maximum atomic E-state index is 13.5. The van der Waals surface area contributed by atoms with Gasteiger partial charge in [0, 0.05) is 30.7 Å². The summed E-state index contributed by atoms with van der Waals surface area (Å²) in [4.78, 5) is 30.5. The third kappa shape index (κ3) is 10.2. The number of pyridine rings is 1. The lowest BCUT2D eigenvalue weighted by atomic mass is 9.99. The number of alkyl carbamates (subject to hydrolysis) is 1. The molecule has 2 atom stereocenters. The van der Waals surface area contributed by atoms with Gasteiger partial charge in [0.2, 0.25) is 5.91 Å². The van der Waals surface area contributed by atoms with Crippen LogP contribution < -0.4 is 10.6 Å². The van der Waals surface area contributed by atoms with E-state index in [1.807, 2.05) is 69.4 Å². The van der Waals surface area contributed by atoms with Crippen LogP contribution in [-0.4, -0.2) is 46.2 Å². The minimum atomic E-state index is -0.604. The van der Waals surface area contributed by atoms with E-state index in [-0.39, 0.29) is 17.2 Å². The number of ether oxygens (including phenoxy) is 1. The van der Waals surface area contributed by atoms with Gasteiger partial charge in [-0.15, -0.1) is 11.8 Å². The van der Waals surface area contributed by atoms with Gasteiger partial charge in [-0.25, -0.2) is 4.79 Å². The monoisotopic (exact) mass is 583 g/mol. The van der Waals surface area contributed by atoms with Crippen LogP contribution >= 0.6 is 11.8 Å². The lowest BCUT2D eigenvalue weighted by Crippen LogP contribution is -2.43. The Bertz CT molecular complexity index is 1420. The van der Waals surface area contributed by atoms with Gasteiger partial charge in [0.1, 0.15) is 5.60 Å². The Kier molecular flexibility index (Phi) is 11.4. The molecular formula is C35H41N3O3S. The van der Waals surface area contributed by atoms with E-state index in [0.29, 0.717) is 25.1 Å². The van der Waals surface area contributed by atoms with Crippen LogP contribution in [0.4, 0.5) is 4.79 Å². The van der Waals surface area contributed by atoms with Crippen molar-refractivity contribution in [3.8, 4) is 0 Å². The van der Waals surface area contributed by atoms with Crippen molar-refractivity contribution < 1.29 is 14.3 Å². The van der Waals surface area contributed by atoms with Gasteiger partial charge in [-0.2, -0.15) is 0 Å². The van der Waals surface area contributed by atoms with Crippen LogP contribution in [0, 0.1) is 0 Å². The van der Waals surface area contributed by atoms with Crippen molar-refractivity contribution in [2.45, 2.75) is 63.3 Å². The third-order valence-electron chi connectivity index (χ3n) is 6.79. The first kappa shape index (κ1) is 31.1. The number of aromatic nitrogens is 1. The highest BCUT2D eigenvalue weighted by Crippen LogP contribution is 2.24. The Hall–Kier alpha value is -3.84. The molecule has 4 aromatic rings. The predicted molar refractivity (Wildman–Crippen MR) is 173 cm³/mol. The van der Waals surface area contributed by atoms with Crippen molar-refractivity contribution in [2.24, 2.45) is 0 Å². The third-order valence-corrected chi connectivity index (χ3v) is 8.16. The molecule has 0 spiro atoms. The number of carbonyl (C=O) groups is 2. The normalized spacial score (nSPS) is 12.8. The van der Waals surface area contributed by atoms with E-state index in [2.05, 4.69) is 58.1 Å². The minimum Gasteiger partial charge on any atom is -0.444 e. The highest BCUT2D eigenvalue weighted by molar-refractivity contribution is 8.00. The van der Waals surface area contributed by atoms with Crippen molar-refractivity contribution in [3.63, 3.8) is 0 Å². The first-order valence-corrected chi connectivity index (χ1v) is 15.6. The summed E-state index contributed by atoms with van der Waals surface area (Å²) in [5.41, 5.74) is 2.80. The molecule has 7 heteroatoms. The molecule has 0 fully saturated rings. The summed E-state index contributed by atoms with van der Waals surface area (Å²) in [7, 11) is 0. The first-order chi connectivity index (χ1) is 20.3. The Labute approximate surface area is 253 Å². The highest BCUT2D eigenvalue weighted by atomic mass is 32.2. The quantitative estimate of drug-likeness (QED) is 0.170. The Morgan fingerprint density at radius 3 is 2.38 bits per heavy atom. The maximum Gasteiger partial charge on any atom is 0.407 e. The molecule has 1 aromatic heterocycles. The summed E-state index contributed by atoms with van der Waals surface area (Å²) in [6, 6.07) is 28.3. The van der Waals surface area contributed by atoms with Crippen LogP contribution in [0.1, 0.15) is 43.9 Å². The number of aryl methyl sites for hydroxylation is 1. The fourth-order valence-electron chi connectivity index (χ4n) is 4.81. The van der Waals surface area contributed by atoms with Crippen LogP contribution in [0.15, 0.2) is 97.3 Å². The van der Waals surface area contributed by atoms with E-state index in [1.54, 1.807) is 18.0 Å². The first-order valence-electron chi connectivity index (χ1n) is 14.5. The smallest absolute Gasteiger partial charge is 0.407 e. The van der Waals surface area contributed by atoms with Crippen LogP contribution in [0.25, 0.3) is 10.8 Å². The molecule has 0 saturated heterocycles. The number of amides is 2. The molecule has 0 bridgehead atoms. The summed E-state index contributed by atoms with van der Waals surface area (Å²) in [6.07, 6.45) is 6.10. The zero-order valence-corrected chi connectivity index (χ0v) is 25.5. The van der Waals surface area contributed by atoms with Crippen molar-refractivity contribution in [3.05, 3.63) is 114 Å². The molecule has 4 rings (SSSR count). The highest BCUT2D eigenvalue weighted by Gasteiger charge is 2.25. The van der Waals surface area contributed by atoms with Gasteiger partial charge in [-0.3, -0.25) is 9.78 Å². The molecule has 0 unspecified atom stereocenters. The second-order valence-electron chi connectivity index (χ2n) is 11.5. The largest absolute Gasteiger partial charge is 0.444 e. The number of thioether (sulfide) groups is 1. The fraction of sp³-hybridized carbons (Fsp3) is 0.343. The lowest BCUT2D eigenvalue weighted by molar-refractivity contribution is -0.120. The van der Waals surface area contributed by atoms with Crippen molar-refractivity contribution >= 4 is 34.5 Å². The SMILES string of the molecule is CC(C)(C)OC(=O)N[C@H](CS[C@H](Cc1ccccc1)C(=O)NCCCc1cccnc1)Cc1cccc2ccccc12. The van der Waals surface area contributed by atoms with Gasteiger partial charge in [0.25, 0.3) is 0 Å². The number of nitrogens with zero attached hydrogens (tertiary/aromatic N) is 1. The Morgan fingerprint density at radius 2 is 1.62 bits per heavy atom. The van der Waals surface area contributed by atoms with Crippen molar-refractivity contribution in [1.82, 2.24) is 15.6 Å². The summed E-state index contributed by atoms with van der Waals surface area (Å²) in [5, 5.41) is 8.26. The second-order valence-corrected chi connectivity index (χ2v) is 12.7. The Balaban J connectivity index is 1.46. The molecule has 220 valence electrons. The molecule has 2 N–H and O–H groups in total. The van der Waals surface area contributed by atoms with Crippen LogP contribution in [0.2, 0.25) is 0 Å². The van der Waals surface area contributed by atoms with Gasteiger partial charge in [-0.1, -0.05) is 78.9 Å². The van der Waals surface area contributed by atoms with Crippen LogP contribution in [-0.2, 0) is 28.8 Å². The summed E-state index contributed by atoms with van der Waals surface area (Å²) < 4.78 is 5.60. The number of fused-ring (bicyclic) bond motifs is 1. The molecule has 0 aliphatic carbocycles.